The fourth-order valence-electron chi connectivity index (χ4n) is 4.56. The summed E-state index contributed by atoms with van der Waals surface area (Å²) in [4.78, 5) is 21.3. The van der Waals surface area contributed by atoms with Gasteiger partial charge in [-0.1, -0.05) is 42.5 Å². The highest BCUT2D eigenvalue weighted by Crippen LogP contribution is 2.33. The average molecular weight is 474 g/mol. The molecule has 1 aliphatic rings. The van der Waals surface area contributed by atoms with Gasteiger partial charge < -0.3 is 10.6 Å². The SMILES string of the molecule is CS(=O)CC1CN(C(=O)c2cncc(N)c2)CCN1C(c1ccccc1)c1cccc(C#N)c1. The van der Waals surface area contributed by atoms with Crippen LogP contribution in [0, 0.1) is 11.3 Å². The highest BCUT2D eigenvalue weighted by Gasteiger charge is 2.36. The molecule has 2 N–H and O–H groups in total. The Kier molecular flexibility index (Phi) is 7.36. The molecule has 1 amide bonds. The summed E-state index contributed by atoms with van der Waals surface area (Å²) in [5.74, 6) is 0.300. The maximum Gasteiger partial charge on any atom is 0.255 e. The van der Waals surface area contributed by atoms with Gasteiger partial charge in [0.15, 0.2) is 0 Å². The van der Waals surface area contributed by atoms with Gasteiger partial charge in [0.05, 0.1) is 28.9 Å². The van der Waals surface area contributed by atoms with Crippen molar-refractivity contribution in [2.45, 2.75) is 12.1 Å². The zero-order valence-electron chi connectivity index (χ0n) is 19.0. The smallest absolute Gasteiger partial charge is 0.255 e. The van der Waals surface area contributed by atoms with Crippen LogP contribution in [0.25, 0.3) is 0 Å². The molecule has 3 unspecified atom stereocenters. The number of carbonyl (C=O) groups is 1. The average Bonchev–Trinajstić information content (AvgIpc) is 2.85. The van der Waals surface area contributed by atoms with Crippen molar-refractivity contribution in [3.63, 3.8) is 0 Å². The third kappa shape index (κ3) is 5.33. The number of anilines is 1. The third-order valence-electron chi connectivity index (χ3n) is 6.03. The first-order valence-corrected chi connectivity index (χ1v) is 12.8. The molecule has 1 fully saturated rings. The monoisotopic (exact) mass is 473 g/mol. The molecule has 1 aromatic heterocycles. The second-order valence-corrected chi connectivity index (χ2v) is 9.92. The molecule has 3 atom stereocenters. The molecule has 0 spiro atoms. The molecule has 3 aromatic rings. The molecule has 0 radical (unpaired) electrons. The Morgan fingerprint density at radius 3 is 2.62 bits per heavy atom. The summed E-state index contributed by atoms with van der Waals surface area (Å²) in [6.45, 7) is 1.55. The van der Waals surface area contributed by atoms with Gasteiger partial charge in [0.1, 0.15) is 0 Å². The van der Waals surface area contributed by atoms with Crippen molar-refractivity contribution in [3.05, 3.63) is 95.3 Å². The Balaban J connectivity index is 1.69. The number of nitrogen functional groups attached to an aromatic ring is 1. The Morgan fingerprint density at radius 1 is 1.15 bits per heavy atom. The van der Waals surface area contributed by atoms with E-state index in [4.69, 9.17) is 5.73 Å². The number of hydrogen-bond donors (Lipinski definition) is 1. The van der Waals surface area contributed by atoms with E-state index in [2.05, 4.69) is 28.1 Å². The number of rotatable bonds is 6. The Morgan fingerprint density at radius 2 is 1.91 bits per heavy atom. The topological polar surface area (TPSA) is 103 Å². The lowest BCUT2D eigenvalue weighted by molar-refractivity contribution is 0.0437. The lowest BCUT2D eigenvalue weighted by atomic mass is 9.93. The molecule has 0 aliphatic carbocycles. The van der Waals surface area contributed by atoms with Gasteiger partial charge in [-0.3, -0.25) is 18.9 Å². The highest BCUT2D eigenvalue weighted by atomic mass is 32.2. The van der Waals surface area contributed by atoms with Crippen LogP contribution < -0.4 is 5.73 Å². The summed E-state index contributed by atoms with van der Waals surface area (Å²) in [5.41, 5.74) is 9.40. The Labute approximate surface area is 202 Å². The van der Waals surface area contributed by atoms with Gasteiger partial charge in [0.25, 0.3) is 5.91 Å². The summed E-state index contributed by atoms with van der Waals surface area (Å²) >= 11 is 0. The van der Waals surface area contributed by atoms with Crippen LogP contribution >= 0.6 is 0 Å². The molecule has 34 heavy (non-hydrogen) atoms. The maximum atomic E-state index is 13.2. The molecule has 1 saturated heterocycles. The van der Waals surface area contributed by atoms with Crippen molar-refractivity contribution in [1.29, 1.82) is 5.26 Å². The van der Waals surface area contributed by atoms with Crippen LogP contribution in [0.15, 0.2) is 73.1 Å². The first-order chi connectivity index (χ1) is 16.5. The highest BCUT2D eigenvalue weighted by molar-refractivity contribution is 7.84. The van der Waals surface area contributed by atoms with Crippen LogP contribution in [0.3, 0.4) is 0 Å². The molecule has 1 aliphatic heterocycles. The third-order valence-corrected chi connectivity index (χ3v) is 6.88. The van der Waals surface area contributed by atoms with E-state index in [-0.39, 0.29) is 18.0 Å². The number of nitrogens with two attached hydrogens (primary N) is 1. The largest absolute Gasteiger partial charge is 0.397 e. The zero-order valence-corrected chi connectivity index (χ0v) is 19.8. The minimum Gasteiger partial charge on any atom is -0.397 e. The van der Waals surface area contributed by atoms with E-state index in [0.717, 1.165) is 11.1 Å². The molecule has 4 rings (SSSR count). The summed E-state index contributed by atoms with van der Waals surface area (Å²) in [6.07, 6.45) is 4.73. The second-order valence-electron chi connectivity index (χ2n) is 8.44. The molecule has 0 bridgehead atoms. The number of aromatic nitrogens is 1. The van der Waals surface area contributed by atoms with Gasteiger partial charge in [-0.2, -0.15) is 5.26 Å². The molecular formula is C26H27N5O2S. The first kappa shape index (κ1) is 23.6. The zero-order chi connectivity index (χ0) is 24.1. The number of nitrogens with zero attached hydrogens (tertiary/aromatic N) is 4. The molecule has 2 aromatic carbocycles. The van der Waals surface area contributed by atoms with Crippen molar-refractivity contribution >= 4 is 22.4 Å². The lowest BCUT2D eigenvalue weighted by Gasteiger charge is -2.45. The van der Waals surface area contributed by atoms with Crippen molar-refractivity contribution in [2.24, 2.45) is 0 Å². The van der Waals surface area contributed by atoms with Gasteiger partial charge in [0, 0.05) is 60.9 Å². The fraction of sp³-hybridized carbons (Fsp3) is 0.269. The second kappa shape index (κ2) is 10.6. The minimum absolute atomic E-state index is 0.130. The maximum absolute atomic E-state index is 13.2. The van der Waals surface area contributed by atoms with E-state index in [9.17, 15) is 14.3 Å². The van der Waals surface area contributed by atoms with Crippen molar-refractivity contribution in [2.75, 3.05) is 37.4 Å². The van der Waals surface area contributed by atoms with Crippen LogP contribution in [0.2, 0.25) is 0 Å². The van der Waals surface area contributed by atoms with Crippen LogP contribution in [-0.2, 0) is 10.8 Å². The Bertz CT molecular complexity index is 1230. The quantitative estimate of drug-likeness (QED) is 0.591. The lowest BCUT2D eigenvalue weighted by Crippen LogP contribution is -2.57. The van der Waals surface area contributed by atoms with Gasteiger partial charge in [-0.25, -0.2) is 0 Å². The normalized spacial score (nSPS) is 18.1. The van der Waals surface area contributed by atoms with Crippen molar-refractivity contribution in [3.8, 4) is 6.07 Å². The standard InChI is InChI=1S/C26H27N5O2S/c1-34(33)18-24-17-30(26(32)22-13-23(28)16-29-15-22)10-11-31(24)25(20-7-3-2-4-8-20)21-9-5-6-19(12-21)14-27/h2-9,12-13,15-16,24-25H,10-11,17-18,28H2,1H3. The van der Waals surface area contributed by atoms with E-state index < -0.39 is 10.8 Å². The summed E-state index contributed by atoms with van der Waals surface area (Å²) in [6, 6.07) is 21.3. The minimum atomic E-state index is -1.06. The molecule has 0 saturated carbocycles. The van der Waals surface area contributed by atoms with Crippen molar-refractivity contribution in [1.82, 2.24) is 14.8 Å². The van der Waals surface area contributed by atoms with E-state index in [0.29, 0.717) is 42.2 Å². The predicted octanol–water partition coefficient (Wildman–Crippen LogP) is 2.83. The van der Waals surface area contributed by atoms with Crippen LogP contribution in [-0.4, -0.2) is 62.6 Å². The van der Waals surface area contributed by atoms with Gasteiger partial charge in [0.2, 0.25) is 0 Å². The number of piperazine rings is 1. The van der Waals surface area contributed by atoms with Gasteiger partial charge >= 0.3 is 0 Å². The predicted molar refractivity (Wildman–Crippen MR) is 133 cm³/mol. The molecular weight excluding hydrogens is 446 g/mol. The molecule has 2 heterocycles. The van der Waals surface area contributed by atoms with Gasteiger partial charge in [-0.05, 0) is 29.3 Å². The van der Waals surface area contributed by atoms with Gasteiger partial charge in [-0.15, -0.1) is 0 Å². The number of amides is 1. The number of carbonyl (C=O) groups excluding carboxylic acids is 1. The van der Waals surface area contributed by atoms with E-state index in [1.165, 1.54) is 12.4 Å². The summed E-state index contributed by atoms with van der Waals surface area (Å²) in [7, 11) is -1.06. The number of hydrogen-bond acceptors (Lipinski definition) is 6. The van der Waals surface area contributed by atoms with E-state index in [1.54, 1.807) is 23.3 Å². The van der Waals surface area contributed by atoms with E-state index in [1.807, 2.05) is 36.4 Å². The van der Waals surface area contributed by atoms with Crippen LogP contribution in [0.4, 0.5) is 5.69 Å². The van der Waals surface area contributed by atoms with Crippen LogP contribution in [0.1, 0.15) is 33.1 Å². The number of nitriles is 1. The Hall–Kier alpha value is -3.54. The molecule has 174 valence electrons. The summed E-state index contributed by atoms with van der Waals surface area (Å²) in [5, 5.41) is 9.46. The fourth-order valence-corrected chi connectivity index (χ4v) is 5.40. The number of benzene rings is 2. The number of pyridine rings is 1. The van der Waals surface area contributed by atoms with Crippen molar-refractivity contribution < 1.29 is 9.00 Å². The molecule has 7 nitrogen and oxygen atoms in total. The first-order valence-electron chi connectivity index (χ1n) is 11.1. The molecule has 8 heteroatoms. The van der Waals surface area contributed by atoms with E-state index >= 15 is 0 Å². The summed E-state index contributed by atoms with van der Waals surface area (Å²) < 4.78 is 12.4. The van der Waals surface area contributed by atoms with Crippen LogP contribution in [0.5, 0.6) is 0 Å².